The monoisotopic (exact) mass is 240 g/mol. The van der Waals surface area contributed by atoms with Gasteiger partial charge in [-0.05, 0) is 26.0 Å². The number of hydrogen-bond acceptors (Lipinski definition) is 4. The maximum atomic E-state index is 11.5. The molecule has 16 heavy (non-hydrogen) atoms. The second-order valence-corrected chi connectivity index (χ2v) is 4.55. The fourth-order valence-corrected chi connectivity index (χ4v) is 2.18. The fourth-order valence-electron chi connectivity index (χ4n) is 1.21. The topological polar surface area (TPSA) is 35.5 Å². The molecule has 1 aromatic rings. The first kappa shape index (κ1) is 12.9. The molecule has 0 aliphatic carbocycles. The van der Waals surface area contributed by atoms with E-state index in [-0.39, 0.29) is 11.2 Å². The van der Waals surface area contributed by atoms with Gasteiger partial charge in [-0.1, -0.05) is 12.1 Å². The van der Waals surface area contributed by atoms with E-state index in [4.69, 9.17) is 9.47 Å². The van der Waals surface area contributed by atoms with Crippen molar-refractivity contribution in [3.63, 3.8) is 0 Å². The highest BCUT2D eigenvalue weighted by molar-refractivity contribution is 8.00. The van der Waals surface area contributed by atoms with Crippen molar-refractivity contribution < 1.29 is 14.3 Å². The third-order valence-corrected chi connectivity index (χ3v) is 3.13. The van der Waals surface area contributed by atoms with Crippen LogP contribution in [-0.2, 0) is 9.53 Å². The Morgan fingerprint density at radius 3 is 2.75 bits per heavy atom. The summed E-state index contributed by atoms with van der Waals surface area (Å²) in [5.74, 6) is 0.585. The van der Waals surface area contributed by atoms with E-state index in [2.05, 4.69) is 0 Å². The van der Waals surface area contributed by atoms with Crippen LogP contribution in [0.3, 0.4) is 0 Å². The Morgan fingerprint density at radius 2 is 2.12 bits per heavy atom. The molecule has 0 aliphatic rings. The van der Waals surface area contributed by atoms with Gasteiger partial charge >= 0.3 is 5.97 Å². The minimum Gasteiger partial charge on any atom is -0.496 e. The van der Waals surface area contributed by atoms with Crippen LogP contribution in [0.2, 0.25) is 0 Å². The molecule has 1 rings (SSSR count). The normalized spacial score (nSPS) is 11.9. The van der Waals surface area contributed by atoms with Crippen molar-refractivity contribution in [3.8, 4) is 5.75 Å². The van der Waals surface area contributed by atoms with Crippen LogP contribution in [0.5, 0.6) is 5.75 Å². The van der Waals surface area contributed by atoms with Gasteiger partial charge in [0.05, 0.1) is 18.6 Å². The molecule has 0 fully saturated rings. The molecule has 0 N–H and O–H groups in total. The zero-order valence-corrected chi connectivity index (χ0v) is 10.5. The molecule has 0 unspecified atom stereocenters. The lowest BCUT2D eigenvalue weighted by molar-refractivity contribution is -0.142. The number of thioether (sulfide) groups is 1. The van der Waals surface area contributed by atoms with Crippen LogP contribution in [0.15, 0.2) is 29.2 Å². The van der Waals surface area contributed by atoms with E-state index in [9.17, 15) is 4.79 Å². The van der Waals surface area contributed by atoms with Crippen LogP contribution >= 0.6 is 11.8 Å². The second-order valence-electron chi connectivity index (χ2n) is 3.16. The number of ether oxygens (including phenoxy) is 2. The molecule has 88 valence electrons. The van der Waals surface area contributed by atoms with E-state index in [1.165, 1.54) is 11.8 Å². The lowest BCUT2D eigenvalue weighted by Gasteiger charge is -2.12. The lowest BCUT2D eigenvalue weighted by atomic mass is 10.3. The summed E-state index contributed by atoms with van der Waals surface area (Å²) in [7, 11) is 1.62. The maximum Gasteiger partial charge on any atom is 0.319 e. The van der Waals surface area contributed by atoms with E-state index < -0.39 is 0 Å². The van der Waals surface area contributed by atoms with Crippen LogP contribution in [-0.4, -0.2) is 24.9 Å². The molecule has 4 heteroatoms. The highest BCUT2D eigenvalue weighted by Gasteiger charge is 2.17. The Bertz CT molecular complexity index is 352. The predicted octanol–water partition coefficient (Wildman–Crippen LogP) is 2.74. The summed E-state index contributed by atoms with van der Waals surface area (Å²) >= 11 is 1.44. The molecular formula is C12H16O3S. The minimum atomic E-state index is -0.226. The molecular weight excluding hydrogens is 224 g/mol. The standard InChI is InChI=1S/C12H16O3S/c1-4-15-12(13)9(2)16-11-8-6-5-7-10(11)14-3/h5-9H,4H2,1-3H3/t9-/m1/s1. The number of carbonyl (C=O) groups excluding carboxylic acids is 1. The van der Waals surface area contributed by atoms with Crippen molar-refractivity contribution in [1.82, 2.24) is 0 Å². The number of rotatable bonds is 5. The number of esters is 1. The van der Waals surface area contributed by atoms with Gasteiger partial charge in [-0.25, -0.2) is 0 Å². The van der Waals surface area contributed by atoms with Gasteiger partial charge in [0.25, 0.3) is 0 Å². The van der Waals surface area contributed by atoms with Crippen molar-refractivity contribution in [2.75, 3.05) is 13.7 Å². The maximum absolute atomic E-state index is 11.5. The molecule has 0 aliphatic heterocycles. The summed E-state index contributed by atoms with van der Waals surface area (Å²) < 4.78 is 10.2. The molecule has 0 saturated heterocycles. The largest absolute Gasteiger partial charge is 0.496 e. The minimum absolute atomic E-state index is 0.196. The highest BCUT2D eigenvalue weighted by atomic mass is 32.2. The molecule has 0 saturated carbocycles. The van der Waals surface area contributed by atoms with E-state index >= 15 is 0 Å². The van der Waals surface area contributed by atoms with Crippen LogP contribution in [0.1, 0.15) is 13.8 Å². The van der Waals surface area contributed by atoms with Gasteiger partial charge in [-0.3, -0.25) is 4.79 Å². The van der Waals surface area contributed by atoms with Crippen molar-refractivity contribution in [3.05, 3.63) is 24.3 Å². The van der Waals surface area contributed by atoms with Crippen molar-refractivity contribution in [2.24, 2.45) is 0 Å². The first-order chi connectivity index (χ1) is 7.69. The average Bonchev–Trinajstić information content (AvgIpc) is 2.30. The summed E-state index contributed by atoms with van der Waals surface area (Å²) in [5.41, 5.74) is 0. The van der Waals surface area contributed by atoms with Gasteiger partial charge < -0.3 is 9.47 Å². The summed E-state index contributed by atoms with van der Waals surface area (Å²) in [6.07, 6.45) is 0. The lowest BCUT2D eigenvalue weighted by Crippen LogP contribution is -2.16. The van der Waals surface area contributed by atoms with Gasteiger partial charge in [-0.15, -0.1) is 11.8 Å². The number of para-hydroxylation sites is 1. The summed E-state index contributed by atoms with van der Waals surface area (Å²) in [6.45, 7) is 4.04. The van der Waals surface area contributed by atoms with E-state index in [1.54, 1.807) is 14.0 Å². The van der Waals surface area contributed by atoms with Gasteiger partial charge in [0.1, 0.15) is 11.0 Å². The molecule has 0 amide bonds. The van der Waals surface area contributed by atoms with Crippen molar-refractivity contribution in [1.29, 1.82) is 0 Å². The molecule has 3 nitrogen and oxygen atoms in total. The van der Waals surface area contributed by atoms with Crippen LogP contribution < -0.4 is 4.74 Å². The van der Waals surface area contributed by atoms with E-state index in [0.29, 0.717) is 6.61 Å². The SMILES string of the molecule is CCOC(=O)[C@@H](C)Sc1ccccc1OC. The molecule has 0 aromatic heterocycles. The second kappa shape index (κ2) is 6.43. The van der Waals surface area contributed by atoms with Gasteiger partial charge in [-0.2, -0.15) is 0 Å². The highest BCUT2D eigenvalue weighted by Crippen LogP contribution is 2.32. The average molecular weight is 240 g/mol. The Labute approximate surface area is 100 Å². The quantitative estimate of drug-likeness (QED) is 0.585. The summed E-state index contributed by atoms with van der Waals surface area (Å²) in [6, 6.07) is 7.63. The van der Waals surface area contributed by atoms with Crippen LogP contribution in [0.25, 0.3) is 0 Å². The Hall–Kier alpha value is -1.16. The zero-order chi connectivity index (χ0) is 12.0. The Kier molecular flexibility index (Phi) is 5.19. The Balaban J connectivity index is 2.68. The van der Waals surface area contributed by atoms with Gasteiger partial charge in [0.15, 0.2) is 0 Å². The molecule has 0 bridgehead atoms. The third kappa shape index (κ3) is 3.45. The number of carbonyl (C=O) groups is 1. The smallest absolute Gasteiger partial charge is 0.319 e. The molecule has 0 spiro atoms. The first-order valence-electron chi connectivity index (χ1n) is 5.15. The zero-order valence-electron chi connectivity index (χ0n) is 9.73. The fraction of sp³-hybridized carbons (Fsp3) is 0.417. The van der Waals surface area contributed by atoms with Gasteiger partial charge in [0.2, 0.25) is 0 Å². The van der Waals surface area contributed by atoms with Crippen LogP contribution in [0, 0.1) is 0 Å². The van der Waals surface area contributed by atoms with Crippen molar-refractivity contribution >= 4 is 17.7 Å². The predicted molar refractivity (Wildman–Crippen MR) is 64.9 cm³/mol. The Morgan fingerprint density at radius 1 is 1.44 bits per heavy atom. The molecule has 1 atom stereocenters. The molecule has 1 aromatic carbocycles. The third-order valence-electron chi connectivity index (χ3n) is 1.99. The molecule has 0 heterocycles. The summed E-state index contributed by atoms with van der Waals surface area (Å²) in [5, 5.41) is -0.226. The van der Waals surface area contributed by atoms with Crippen molar-refractivity contribution in [2.45, 2.75) is 24.0 Å². The molecule has 0 radical (unpaired) electrons. The summed E-state index contributed by atoms with van der Waals surface area (Å²) in [4.78, 5) is 12.4. The number of methoxy groups -OCH3 is 1. The van der Waals surface area contributed by atoms with Gasteiger partial charge in [0, 0.05) is 0 Å². The van der Waals surface area contributed by atoms with E-state index in [0.717, 1.165) is 10.6 Å². The number of benzene rings is 1. The first-order valence-corrected chi connectivity index (χ1v) is 6.03. The number of hydrogen-bond donors (Lipinski definition) is 0. The van der Waals surface area contributed by atoms with E-state index in [1.807, 2.05) is 31.2 Å². The van der Waals surface area contributed by atoms with Crippen LogP contribution in [0.4, 0.5) is 0 Å².